The minimum Gasteiger partial charge on any atom is -0.506 e. The smallest absolute Gasteiger partial charge is 0.193 e. The van der Waals surface area contributed by atoms with Gasteiger partial charge in [0.2, 0.25) is 0 Å². The van der Waals surface area contributed by atoms with Crippen LogP contribution in [0.2, 0.25) is 0 Å². The molecule has 0 saturated carbocycles. The van der Waals surface area contributed by atoms with Crippen LogP contribution in [0.5, 0.6) is 5.75 Å². The van der Waals surface area contributed by atoms with Crippen molar-refractivity contribution < 1.29 is 9.84 Å². The molecule has 1 aromatic carbocycles. The summed E-state index contributed by atoms with van der Waals surface area (Å²) < 4.78 is 5.34. The van der Waals surface area contributed by atoms with E-state index in [4.69, 9.17) is 4.74 Å². The molecule has 22 heavy (non-hydrogen) atoms. The number of aromatic hydroxyl groups is 1. The molecule has 6 heteroatoms. The average molecular weight is 297 g/mol. The van der Waals surface area contributed by atoms with E-state index in [0.29, 0.717) is 29.8 Å². The number of fused-ring (bicyclic) bond motifs is 2. The average Bonchev–Trinajstić information content (AvgIpc) is 2.55. The van der Waals surface area contributed by atoms with E-state index in [9.17, 15) is 9.90 Å². The second-order valence-corrected chi connectivity index (χ2v) is 5.33. The lowest BCUT2D eigenvalue weighted by Crippen LogP contribution is -2.36. The molecule has 0 aliphatic carbocycles. The van der Waals surface area contributed by atoms with E-state index in [-0.39, 0.29) is 16.6 Å². The Hall–Kier alpha value is -2.60. The zero-order valence-corrected chi connectivity index (χ0v) is 11.9. The van der Waals surface area contributed by atoms with Gasteiger partial charge in [-0.2, -0.15) is 0 Å². The van der Waals surface area contributed by atoms with Crippen LogP contribution in [0, 0.1) is 0 Å². The van der Waals surface area contributed by atoms with Gasteiger partial charge in [0.1, 0.15) is 11.4 Å². The molecule has 0 amide bonds. The van der Waals surface area contributed by atoms with Gasteiger partial charge < -0.3 is 19.7 Å². The van der Waals surface area contributed by atoms with Gasteiger partial charge in [0.25, 0.3) is 0 Å². The summed E-state index contributed by atoms with van der Waals surface area (Å²) in [7, 11) is 0. The standard InChI is InChI=1S/C16H15N3O3/c20-13-9-10(19-4-6-22-7-5-19)8-12-14(13)15(21)11-2-1-3-17-16(11)18-12/h1-3,8-9,21H,4-7H2,(H,17,18). The predicted molar refractivity (Wildman–Crippen MR) is 84.6 cm³/mol. The number of aromatic nitrogens is 2. The van der Waals surface area contributed by atoms with Crippen molar-refractivity contribution in [3.63, 3.8) is 0 Å². The molecule has 2 N–H and O–H groups in total. The second kappa shape index (κ2) is 4.99. The summed E-state index contributed by atoms with van der Waals surface area (Å²) in [5.41, 5.74) is 1.67. The van der Waals surface area contributed by atoms with E-state index in [2.05, 4.69) is 14.9 Å². The second-order valence-electron chi connectivity index (χ2n) is 5.33. The normalized spacial score (nSPS) is 15.5. The summed E-state index contributed by atoms with van der Waals surface area (Å²) in [5, 5.41) is 11.2. The lowest BCUT2D eigenvalue weighted by molar-refractivity contribution is 0.122. The number of H-pyrrole nitrogens is 1. The van der Waals surface area contributed by atoms with Crippen LogP contribution in [-0.4, -0.2) is 41.4 Å². The van der Waals surface area contributed by atoms with Crippen molar-refractivity contribution in [3.8, 4) is 5.75 Å². The highest BCUT2D eigenvalue weighted by Gasteiger charge is 2.16. The van der Waals surface area contributed by atoms with Crippen LogP contribution in [0.15, 0.2) is 35.3 Å². The fraction of sp³-hybridized carbons (Fsp3) is 0.250. The third kappa shape index (κ3) is 2.00. The van der Waals surface area contributed by atoms with Gasteiger partial charge in [-0.3, -0.25) is 4.79 Å². The quantitative estimate of drug-likeness (QED) is 0.667. The molecule has 1 fully saturated rings. The number of pyridine rings is 2. The molecule has 0 unspecified atom stereocenters. The molecule has 1 aliphatic rings. The SMILES string of the molecule is O=c1cc(N2CCOCC2)cc2nc3[nH]cccc3c(O)c12. The number of anilines is 1. The number of nitrogens with zero attached hydrogens (tertiary/aromatic N) is 2. The number of nitrogens with one attached hydrogen (secondary N) is 1. The van der Waals surface area contributed by atoms with Gasteiger partial charge in [0.05, 0.1) is 29.5 Å². The van der Waals surface area contributed by atoms with Gasteiger partial charge in [-0.25, -0.2) is 4.98 Å². The monoisotopic (exact) mass is 297 g/mol. The number of morpholine rings is 1. The van der Waals surface area contributed by atoms with Crippen LogP contribution in [0.25, 0.3) is 21.9 Å². The van der Waals surface area contributed by atoms with Gasteiger partial charge in [0.15, 0.2) is 5.43 Å². The molecule has 2 aromatic heterocycles. The Labute approximate surface area is 126 Å². The minimum atomic E-state index is -0.213. The molecule has 4 rings (SSSR count). The van der Waals surface area contributed by atoms with E-state index in [1.54, 1.807) is 24.4 Å². The molecule has 112 valence electrons. The van der Waals surface area contributed by atoms with Crippen molar-refractivity contribution in [3.05, 3.63) is 40.7 Å². The number of hydrogen-bond donors (Lipinski definition) is 2. The number of ether oxygens (including phenoxy) is 1. The van der Waals surface area contributed by atoms with E-state index in [1.807, 2.05) is 6.07 Å². The molecule has 0 bridgehead atoms. The first-order chi connectivity index (χ1) is 10.7. The van der Waals surface area contributed by atoms with E-state index >= 15 is 0 Å². The summed E-state index contributed by atoms with van der Waals surface area (Å²) in [5.74, 6) is -0.0182. The molecular formula is C16H15N3O3. The molecule has 3 heterocycles. The van der Waals surface area contributed by atoms with Crippen LogP contribution >= 0.6 is 0 Å². The van der Waals surface area contributed by atoms with Crippen LogP contribution in [0.3, 0.4) is 0 Å². The lowest BCUT2D eigenvalue weighted by atomic mass is 10.1. The van der Waals surface area contributed by atoms with Crippen molar-refractivity contribution >= 4 is 27.6 Å². The fourth-order valence-electron chi connectivity index (χ4n) is 2.88. The molecule has 1 aliphatic heterocycles. The van der Waals surface area contributed by atoms with E-state index < -0.39 is 0 Å². The van der Waals surface area contributed by atoms with Crippen LogP contribution in [0.4, 0.5) is 5.69 Å². The predicted octanol–water partition coefficient (Wildman–Crippen LogP) is 1.62. The third-order valence-electron chi connectivity index (χ3n) is 4.00. The van der Waals surface area contributed by atoms with Crippen LogP contribution in [-0.2, 0) is 4.74 Å². The van der Waals surface area contributed by atoms with Crippen molar-refractivity contribution in [2.24, 2.45) is 0 Å². The Morgan fingerprint density at radius 1 is 1.27 bits per heavy atom. The highest BCUT2D eigenvalue weighted by molar-refractivity contribution is 6.00. The summed E-state index contributed by atoms with van der Waals surface area (Å²) in [6, 6.07) is 6.92. The highest BCUT2D eigenvalue weighted by Crippen LogP contribution is 2.30. The Bertz CT molecular complexity index is 914. The molecule has 0 spiro atoms. The first kappa shape index (κ1) is 13.1. The summed E-state index contributed by atoms with van der Waals surface area (Å²) in [4.78, 5) is 22.0. The van der Waals surface area contributed by atoms with Crippen molar-refractivity contribution in [2.45, 2.75) is 0 Å². The Morgan fingerprint density at radius 3 is 2.91 bits per heavy atom. The number of aromatic amines is 1. The lowest BCUT2D eigenvalue weighted by Gasteiger charge is -2.28. The van der Waals surface area contributed by atoms with E-state index in [1.165, 1.54) is 0 Å². The first-order valence-electron chi connectivity index (χ1n) is 7.21. The Kier molecular flexibility index (Phi) is 2.97. The Balaban J connectivity index is 1.97. The maximum Gasteiger partial charge on any atom is 0.193 e. The zero-order chi connectivity index (χ0) is 15.1. The molecular weight excluding hydrogens is 282 g/mol. The number of benzene rings is 1. The first-order valence-corrected chi connectivity index (χ1v) is 7.21. The fourth-order valence-corrected chi connectivity index (χ4v) is 2.88. The van der Waals surface area contributed by atoms with Gasteiger partial charge in [-0.05, 0) is 18.2 Å². The largest absolute Gasteiger partial charge is 0.506 e. The third-order valence-corrected chi connectivity index (χ3v) is 4.00. The minimum absolute atomic E-state index is 0.0182. The van der Waals surface area contributed by atoms with Gasteiger partial charge >= 0.3 is 0 Å². The number of rotatable bonds is 1. The summed E-state index contributed by atoms with van der Waals surface area (Å²) >= 11 is 0. The van der Waals surface area contributed by atoms with Crippen molar-refractivity contribution in [1.82, 2.24) is 9.97 Å². The molecule has 0 radical (unpaired) electrons. The highest BCUT2D eigenvalue weighted by atomic mass is 16.5. The van der Waals surface area contributed by atoms with Crippen molar-refractivity contribution in [2.75, 3.05) is 31.2 Å². The van der Waals surface area contributed by atoms with Gasteiger partial charge in [0, 0.05) is 31.0 Å². The maximum atomic E-state index is 12.4. The summed E-state index contributed by atoms with van der Waals surface area (Å²) in [6.45, 7) is 2.79. The zero-order valence-electron chi connectivity index (χ0n) is 11.9. The maximum absolute atomic E-state index is 12.4. The topological polar surface area (TPSA) is 78.5 Å². The van der Waals surface area contributed by atoms with Crippen LogP contribution in [0.1, 0.15) is 0 Å². The van der Waals surface area contributed by atoms with Gasteiger partial charge in [-0.1, -0.05) is 0 Å². The molecule has 6 nitrogen and oxygen atoms in total. The van der Waals surface area contributed by atoms with Gasteiger partial charge in [-0.15, -0.1) is 0 Å². The van der Waals surface area contributed by atoms with E-state index in [0.717, 1.165) is 18.8 Å². The van der Waals surface area contributed by atoms with Crippen LogP contribution < -0.4 is 10.3 Å². The molecule has 3 aromatic rings. The molecule has 1 saturated heterocycles. The Morgan fingerprint density at radius 2 is 2.09 bits per heavy atom. The van der Waals surface area contributed by atoms with Crippen molar-refractivity contribution in [1.29, 1.82) is 0 Å². The number of hydrogen-bond acceptors (Lipinski definition) is 5. The molecule has 0 atom stereocenters. The summed E-state index contributed by atoms with van der Waals surface area (Å²) in [6.07, 6.45) is 1.74.